The van der Waals surface area contributed by atoms with Crippen molar-refractivity contribution in [2.24, 2.45) is 5.73 Å². The molecule has 1 heterocycles. The Hall–Kier alpha value is -3.88. The van der Waals surface area contributed by atoms with Crippen LogP contribution in [0.2, 0.25) is 0 Å². The minimum absolute atomic E-state index is 0.217. The van der Waals surface area contributed by atoms with Gasteiger partial charge in [-0.05, 0) is 37.3 Å². The number of carbonyl (C=O) groups is 3. The maximum absolute atomic E-state index is 12.7. The number of rotatable bonds is 5. The minimum Gasteiger partial charge on any atom is -0.478 e. The second kappa shape index (κ2) is 6.79. The lowest BCUT2D eigenvalue weighted by Gasteiger charge is -2.37. The summed E-state index contributed by atoms with van der Waals surface area (Å²) < 4.78 is 0. The fraction of sp³-hybridized carbons (Fsp3) is 0.111. The zero-order chi connectivity index (χ0) is 19.6. The number of nitrogens with two attached hydrogens (primary N) is 1. The van der Waals surface area contributed by atoms with E-state index in [-0.39, 0.29) is 11.3 Å². The minimum atomic E-state index is -2.10. The number of carbonyl (C=O) groups excluding carboxylic acids is 2. The molecule has 3 aromatic rings. The summed E-state index contributed by atoms with van der Waals surface area (Å²) in [5.74, 6) is -2.12. The molecule has 3 amide bonds. The highest BCUT2D eigenvalue weighted by molar-refractivity contribution is 6.05. The number of nitrogens with zero attached hydrogens (tertiary/aromatic N) is 2. The standard InChI is InChI=1S/C18H17N5O4/c1-18(16(25)26,23(17(19)27)13-5-3-2-4-6-13)21-15(24)11-7-8-14-12(9-11)10-20-22-14/h2-10H,1H3,(H2,19,27)(H,20,22)(H,21,24)(H,25,26). The molecule has 0 aliphatic heterocycles. The predicted octanol–water partition coefficient (Wildman–Crippen LogP) is 1.68. The first-order valence-corrected chi connectivity index (χ1v) is 7.96. The number of primary amides is 1. The summed E-state index contributed by atoms with van der Waals surface area (Å²) in [6.07, 6.45) is 1.54. The van der Waals surface area contributed by atoms with Crippen molar-refractivity contribution in [1.29, 1.82) is 0 Å². The van der Waals surface area contributed by atoms with Crippen LogP contribution >= 0.6 is 0 Å². The molecule has 3 rings (SSSR count). The number of aromatic nitrogens is 2. The van der Waals surface area contributed by atoms with Crippen molar-refractivity contribution in [2.75, 3.05) is 4.90 Å². The van der Waals surface area contributed by atoms with Gasteiger partial charge in [-0.3, -0.25) is 14.8 Å². The lowest BCUT2D eigenvalue weighted by molar-refractivity contribution is -0.143. The zero-order valence-electron chi connectivity index (χ0n) is 14.3. The molecule has 1 aromatic heterocycles. The first-order valence-electron chi connectivity index (χ1n) is 7.96. The van der Waals surface area contributed by atoms with Gasteiger partial charge in [0.05, 0.1) is 11.7 Å². The highest BCUT2D eigenvalue weighted by atomic mass is 16.4. The van der Waals surface area contributed by atoms with Gasteiger partial charge in [-0.15, -0.1) is 0 Å². The summed E-state index contributed by atoms with van der Waals surface area (Å²) in [7, 11) is 0. The van der Waals surface area contributed by atoms with Gasteiger partial charge in [-0.25, -0.2) is 9.59 Å². The Morgan fingerprint density at radius 2 is 1.89 bits per heavy atom. The molecule has 0 spiro atoms. The van der Waals surface area contributed by atoms with Crippen LogP contribution < -0.4 is 16.0 Å². The summed E-state index contributed by atoms with van der Waals surface area (Å²) >= 11 is 0. The Labute approximate surface area is 153 Å². The van der Waals surface area contributed by atoms with Crippen LogP contribution in [-0.4, -0.2) is 38.9 Å². The van der Waals surface area contributed by atoms with Crippen molar-refractivity contribution in [3.63, 3.8) is 0 Å². The molecule has 1 unspecified atom stereocenters. The van der Waals surface area contributed by atoms with E-state index < -0.39 is 23.6 Å². The van der Waals surface area contributed by atoms with Gasteiger partial charge in [0.25, 0.3) is 5.91 Å². The van der Waals surface area contributed by atoms with E-state index in [9.17, 15) is 19.5 Å². The molecule has 0 bridgehead atoms. The number of aliphatic carboxylic acids is 1. The average Bonchev–Trinajstić information content (AvgIpc) is 3.09. The third-order valence-electron chi connectivity index (χ3n) is 4.16. The van der Waals surface area contributed by atoms with Crippen LogP contribution in [0.1, 0.15) is 17.3 Å². The summed E-state index contributed by atoms with van der Waals surface area (Å²) in [6, 6.07) is 11.7. The van der Waals surface area contributed by atoms with Gasteiger partial charge in [0.1, 0.15) is 0 Å². The van der Waals surface area contributed by atoms with Crippen LogP contribution in [0.5, 0.6) is 0 Å². The van der Waals surface area contributed by atoms with Crippen molar-refractivity contribution in [1.82, 2.24) is 15.5 Å². The second-order valence-corrected chi connectivity index (χ2v) is 6.01. The molecule has 0 aliphatic rings. The first kappa shape index (κ1) is 17.9. The fourth-order valence-electron chi connectivity index (χ4n) is 2.77. The van der Waals surface area contributed by atoms with E-state index in [2.05, 4.69) is 15.5 Å². The molecule has 9 heteroatoms. The van der Waals surface area contributed by atoms with E-state index in [1.807, 2.05) is 0 Å². The van der Waals surface area contributed by atoms with E-state index >= 15 is 0 Å². The van der Waals surface area contributed by atoms with Gasteiger partial charge in [0, 0.05) is 16.6 Å². The SMILES string of the molecule is CC(NC(=O)c1ccc2[nH]ncc2c1)(C(=O)O)N(C(N)=O)c1ccccc1. The number of hydrogen-bond acceptors (Lipinski definition) is 4. The summed E-state index contributed by atoms with van der Waals surface area (Å²) in [5.41, 5.74) is 4.51. The van der Waals surface area contributed by atoms with Gasteiger partial charge in [-0.1, -0.05) is 18.2 Å². The van der Waals surface area contributed by atoms with Crippen LogP contribution in [-0.2, 0) is 4.79 Å². The molecular weight excluding hydrogens is 350 g/mol. The molecule has 0 saturated heterocycles. The number of hydrogen-bond donors (Lipinski definition) is 4. The number of anilines is 1. The molecular formula is C18H17N5O4. The van der Waals surface area contributed by atoms with E-state index in [4.69, 9.17) is 5.73 Å². The number of carboxylic acids is 1. The number of nitrogens with one attached hydrogen (secondary N) is 2. The normalized spacial score (nSPS) is 12.9. The van der Waals surface area contributed by atoms with Crippen molar-refractivity contribution < 1.29 is 19.5 Å². The Balaban J connectivity index is 1.98. The number of H-pyrrole nitrogens is 1. The highest BCUT2D eigenvalue weighted by Gasteiger charge is 2.44. The van der Waals surface area contributed by atoms with Crippen molar-refractivity contribution >= 4 is 34.5 Å². The first-order chi connectivity index (χ1) is 12.8. The Morgan fingerprint density at radius 3 is 2.52 bits per heavy atom. The molecule has 27 heavy (non-hydrogen) atoms. The van der Waals surface area contributed by atoms with E-state index in [0.29, 0.717) is 5.39 Å². The Morgan fingerprint density at radius 1 is 1.19 bits per heavy atom. The van der Waals surface area contributed by atoms with Gasteiger partial charge in [0.2, 0.25) is 5.66 Å². The van der Waals surface area contributed by atoms with E-state index in [1.165, 1.54) is 25.1 Å². The average molecular weight is 367 g/mol. The lowest BCUT2D eigenvalue weighted by Crippen LogP contribution is -2.66. The third kappa shape index (κ3) is 3.30. The van der Waals surface area contributed by atoms with Gasteiger partial charge < -0.3 is 16.2 Å². The Bertz CT molecular complexity index is 1020. The molecule has 2 aromatic carbocycles. The summed E-state index contributed by atoms with van der Waals surface area (Å²) in [4.78, 5) is 37.6. The zero-order valence-corrected chi connectivity index (χ0v) is 14.3. The summed E-state index contributed by atoms with van der Waals surface area (Å²) in [5, 5.41) is 19.5. The molecule has 0 fully saturated rings. The quantitative estimate of drug-likeness (QED) is 0.508. The van der Waals surface area contributed by atoms with Crippen LogP contribution in [0, 0.1) is 0 Å². The number of para-hydroxylation sites is 1. The predicted molar refractivity (Wildman–Crippen MR) is 98.1 cm³/mol. The van der Waals surface area contributed by atoms with Gasteiger partial charge in [0.15, 0.2) is 0 Å². The maximum atomic E-state index is 12.7. The largest absolute Gasteiger partial charge is 0.478 e. The molecule has 138 valence electrons. The third-order valence-corrected chi connectivity index (χ3v) is 4.16. The second-order valence-electron chi connectivity index (χ2n) is 6.01. The van der Waals surface area contributed by atoms with Crippen LogP contribution in [0.3, 0.4) is 0 Å². The summed E-state index contributed by atoms with van der Waals surface area (Å²) in [6.45, 7) is 1.20. The van der Waals surface area contributed by atoms with Crippen LogP contribution in [0.15, 0.2) is 54.7 Å². The molecule has 5 N–H and O–H groups in total. The molecule has 0 aliphatic carbocycles. The number of aromatic amines is 1. The number of carboxylic acid groups (broad SMARTS) is 1. The number of amides is 3. The monoisotopic (exact) mass is 367 g/mol. The number of benzene rings is 2. The number of urea groups is 1. The van der Waals surface area contributed by atoms with Gasteiger partial charge >= 0.3 is 12.0 Å². The Kier molecular flexibility index (Phi) is 4.51. The van der Waals surface area contributed by atoms with E-state index in [0.717, 1.165) is 10.4 Å². The maximum Gasteiger partial charge on any atom is 0.350 e. The van der Waals surface area contributed by atoms with Gasteiger partial charge in [-0.2, -0.15) is 5.10 Å². The molecule has 9 nitrogen and oxygen atoms in total. The topological polar surface area (TPSA) is 141 Å². The smallest absolute Gasteiger partial charge is 0.350 e. The van der Waals surface area contributed by atoms with Crippen molar-refractivity contribution in [2.45, 2.75) is 12.6 Å². The molecule has 0 radical (unpaired) electrons. The van der Waals surface area contributed by atoms with Crippen LogP contribution in [0.25, 0.3) is 10.9 Å². The van der Waals surface area contributed by atoms with Crippen LogP contribution in [0.4, 0.5) is 10.5 Å². The molecule has 0 saturated carbocycles. The van der Waals surface area contributed by atoms with E-state index in [1.54, 1.807) is 36.5 Å². The van der Waals surface area contributed by atoms with Crippen molar-refractivity contribution in [3.05, 3.63) is 60.3 Å². The fourth-order valence-corrected chi connectivity index (χ4v) is 2.77. The highest BCUT2D eigenvalue weighted by Crippen LogP contribution is 2.23. The number of fused-ring (bicyclic) bond motifs is 1. The molecule has 1 atom stereocenters. The van der Waals surface area contributed by atoms with Crippen molar-refractivity contribution in [3.8, 4) is 0 Å². The lowest BCUT2D eigenvalue weighted by atomic mass is 10.1.